The van der Waals surface area contributed by atoms with Crippen LogP contribution in [0.2, 0.25) is 5.02 Å². The minimum Gasteiger partial charge on any atom is -0.511 e. The number of carbonyl (C=O) groups is 4. The molecule has 21 atom stereocenters. The number of nitrogens with one attached hydrogen (secondary N) is 3. The third kappa shape index (κ3) is 9.75. The number of carboxylic acids is 1. The monoisotopic (exact) mass is 1130 g/mol. The molecule has 80 heavy (non-hydrogen) atoms. The minimum atomic E-state index is -1.51. The van der Waals surface area contributed by atoms with E-state index in [0.717, 1.165) is 22.7 Å². The molecule has 8 aliphatic rings. The summed E-state index contributed by atoms with van der Waals surface area (Å²) in [7, 11) is 0. The van der Waals surface area contributed by atoms with Crippen molar-refractivity contribution >= 4 is 57.2 Å². The topological polar surface area (TPSA) is 283 Å². The van der Waals surface area contributed by atoms with E-state index in [0.29, 0.717) is 42.8 Å². The van der Waals surface area contributed by atoms with Crippen LogP contribution in [0, 0.1) is 40.4 Å². The number of allylic oxidation sites excluding steroid dienone is 2. The van der Waals surface area contributed by atoms with Crippen molar-refractivity contribution in [3.8, 4) is 0 Å². The minimum absolute atomic E-state index is 0.0475. The van der Waals surface area contributed by atoms with Crippen LogP contribution in [-0.2, 0) is 47.5 Å². The number of esters is 1. The summed E-state index contributed by atoms with van der Waals surface area (Å²) in [4.78, 5) is 61.9. The van der Waals surface area contributed by atoms with E-state index in [1.54, 1.807) is 52.8 Å². The molecule has 11 rings (SSSR count). The average molecular weight is 1130 g/mol. The number of fused-ring (bicyclic) bond motifs is 7. The lowest BCUT2D eigenvalue weighted by molar-refractivity contribution is -0.339. The van der Waals surface area contributed by atoms with Crippen molar-refractivity contribution in [1.29, 1.82) is 0 Å². The van der Waals surface area contributed by atoms with Crippen molar-refractivity contribution < 1.29 is 72.8 Å². The van der Waals surface area contributed by atoms with Crippen LogP contribution in [0.15, 0.2) is 59.4 Å². The van der Waals surface area contributed by atoms with Crippen LogP contribution in [0.5, 0.6) is 0 Å². The molecular formula is C60H79ClN4O15. The summed E-state index contributed by atoms with van der Waals surface area (Å²) in [5.41, 5.74) is 2.97. The second-order valence-corrected chi connectivity index (χ2v) is 25.7. The number of aromatic amines is 2. The molecule has 9 unspecified atom stereocenters. The van der Waals surface area contributed by atoms with Gasteiger partial charge >= 0.3 is 11.9 Å². The van der Waals surface area contributed by atoms with Gasteiger partial charge in [-0.1, -0.05) is 70.4 Å². The van der Waals surface area contributed by atoms with E-state index in [1.165, 1.54) is 0 Å². The lowest BCUT2D eigenvalue weighted by atomic mass is 9.53. The van der Waals surface area contributed by atoms with Crippen molar-refractivity contribution in [1.82, 2.24) is 15.3 Å². The molecule has 9 N–H and O–H groups in total. The summed E-state index contributed by atoms with van der Waals surface area (Å²) in [6, 6.07) is 6.58. The molecule has 0 radical (unpaired) electrons. The Hall–Kier alpha value is -4.67. The Morgan fingerprint density at radius 2 is 1.57 bits per heavy atom. The number of ketones is 1. The fourth-order valence-corrected chi connectivity index (χ4v) is 15.7. The maximum Gasteiger partial charge on any atom is 0.355 e. The molecule has 436 valence electrons. The van der Waals surface area contributed by atoms with Crippen LogP contribution < -0.4 is 11.1 Å². The van der Waals surface area contributed by atoms with Crippen LogP contribution in [0.25, 0.3) is 21.9 Å². The van der Waals surface area contributed by atoms with Crippen LogP contribution >= 0.6 is 11.6 Å². The number of hydrogen-bond acceptors (Lipinski definition) is 15. The number of rotatable bonds is 10. The molecule has 4 aliphatic carbocycles. The van der Waals surface area contributed by atoms with Gasteiger partial charge in [-0.3, -0.25) is 9.59 Å². The molecule has 4 saturated heterocycles. The largest absolute Gasteiger partial charge is 0.511 e. The number of amides is 1. The Kier molecular flexibility index (Phi) is 15.1. The van der Waals surface area contributed by atoms with Gasteiger partial charge in [0.1, 0.15) is 40.4 Å². The molecule has 19 nitrogen and oxygen atoms in total. The van der Waals surface area contributed by atoms with E-state index < -0.39 is 125 Å². The van der Waals surface area contributed by atoms with Gasteiger partial charge < -0.3 is 74.6 Å². The maximum absolute atomic E-state index is 15.1. The summed E-state index contributed by atoms with van der Waals surface area (Å²) in [6.07, 6.45) is 3.26. The smallest absolute Gasteiger partial charge is 0.355 e. The number of Topliss-reactive ketones (excluding diaryl/α,β-unsaturated/α-hetero) is 1. The summed E-state index contributed by atoms with van der Waals surface area (Å²) in [5, 5.41) is 52.4. The summed E-state index contributed by atoms with van der Waals surface area (Å²) < 4.78 is 45.0. The number of aromatic nitrogens is 2. The number of nitrogens with two attached hydrogens (primary N) is 1. The molecule has 1 aromatic carbocycles. The van der Waals surface area contributed by atoms with Crippen molar-refractivity contribution in [2.24, 2.45) is 46.2 Å². The number of ether oxygens (including phenoxy) is 7. The highest BCUT2D eigenvalue weighted by molar-refractivity contribution is 6.32. The van der Waals surface area contributed by atoms with E-state index in [9.17, 15) is 34.8 Å². The van der Waals surface area contributed by atoms with Crippen LogP contribution in [0.4, 0.5) is 0 Å². The van der Waals surface area contributed by atoms with E-state index in [-0.39, 0.29) is 78.6 Å². The highest BCUT2D eigenvalue weighted by Gasteiger charge is 2.66. The number of aliphatic carboxylic acids is 1. The first kappa shape index (κ1) is 57.2. The number of benzene rings is 1. The highest BCUT2D eigenvalue weighted by Crippen LogP contribution is 2.60. The molecule has 3 aromatic rings. The first-order valence-corrected chi connectivity index (χ1v) is 29.3. The molecule has 20 heteroatoms. The predicted octanol–water partition coefficient (Wildman–Crippen LogP) is 7.95. The third-order valence-corrected chi connectivity index (χ3v) is 20.3. The molecule has 5 fully saturated rings. The highest BCUT2D eigenvalue weighted by atomic mass is 35.5. The van der Waals surface area contributed by atoms with Gasteiger partial charge in [0.25, 0.3) is 5.91 Å². The molecule has 2 aromatic heterocycles. The molecular weight excluding hydrogens is 1050 g/mol. The Morgan fingerprint density at radius 1 is 0.838 bits per heavy atom. The molecule has 1 spiro atoms. The van der Waals surface area contributed by atoms with Crippen molar-refractivity contribution in [3.05, 3.63) is 70.1 Å². The fourth-order valence-electron chi connectivity index (χ4n) is 15.6. The van der Waals surface area contributed by atoms with Crippen LogP contribution in [-0.4, -0.2) is 139 Å². The fraction of sp³-hybridized carbons (Fsp3) is 0.667. The van der Waals surface area contributed by atoms with E-state index >= 15 is 4.79 Å². The van der Waals surface area contributed by atoms with Gasteiger partial charge in [-0.15, -0.1) is 0 Å². The summed E-state index contributed by atoms with van der Waals surface area (Å²) in [6.45, 7) is 14.6. The lowest BCUT2D eigenvalue weighted by Crippen LogP contribution is -2.61. The molecule has 4 aliphatic heterocycles. The van der Waals surface area contributed by atoms with E-state index in [2.05, 4.69) is 21.4 Å². The first-order chi connectivity index (χ1) is 37.8. The Morgan fingerprint density at radius 3 is 2.30 bits per heavy atom. The molecule has 2 bridgehead atoms. The Bertz CT molecular complexity index is 3020. The maximum atomic E-state index is 15.1. The second kappa shape index (κ2) is 21.2. The van der Waals surface area contributed by atoms with Gasteiger partial charge in [0.05, 0.1) is 48.3 Å². The van der Waals surface area contributed by atoms with Crippen molar-refractivity contribution in [2.75, 3.05) is 0 Å². The molecule has 1 amide bonds. The number of hydrogen-bond donors (Lipinski definition) is 8. The number of carbonyl (C=O) groups excluding carboxylic acids is 3. The van der Waals surface area contributed by atoms with Crippen LogP contribution in [0.3, 0.4) is 0 Å². The first-order valence-electron chi connectivity index (χ1n) is 28.9. The number of H-pyrrole nitrogens is 2. The Balaban J connectivity index is 0.728. The van der Waals surface area contributed by atoms with Gasteiger partial charge in [0.15, 0.2) is 24.7 Å². The third-order valence-electron chi connectivity index (χ3n) is 20.1. The molecule has 6 heterocycles. The van der Waals surface area contributed by atoms with E-state index in [1.807, 2.05) is 39.0 Å². The summed E-state index contributed by atoms with van der Waals surface area (Å²) in [5.74, 6) is -4.98. The number of aliphatic hydroxyl groups excluding tert-OH is 2. The Labute approximate surface area is 470 Å². The number of aliphatic hydroxyl groups is 3. The SMILES string of the molecule is CCC1CC2(C)C=C(C(=O)O)C(C)CC23NC(=O)/C(=C(/O)C2(C)C(C=CC4C2CCC[C@H]4O[C@H]2CC[C@@H](O[C@@H]4C[C@@](C)(O)[C@@H](O[C@@H]5C[C@H](OC(=O)c6cc7c([nH]6)[nH]c6ccc(Cl)cc67)[C@H](N)[C@H](C)O5)[C@H](C)O4)[C@@H](C)O2)CC1O)C3=O. The van der Waals surface area contributed by atoms with Gasteiger partial charge in [-0.2, -0.15) is 0 Å². The van der Waals surface area contributed by atoms with Crippen LogP contribution in [0.1, 0.15) is 137 Å². The van der Waals surface area contributed by atoms with E-state index in [4.69, 9.17) is 50.5 Å². The zero-order valence-corrected chi connectivity index (χ0v) is 47.6. The normalized spacial score (nSPS) is 44.1. The van der Waals surface area contributed by atoms with Gasteiger partial charge in [0, 0.05) is 62.9 Å². The standard InChI is InChI=1S/C60H79ClN4O15/c1-9-31-24-57(6)25-37(55(70)71)27(2)23-60(57)51(68)48(54(69)65-60)50(67)59(8)32(19-41(31)66)13-15-34-38(59)11-10-12-43(34)78-45-18-17-42(28(3)74-45)77-47-26-58(7,73)52(30(5)76-47)80-46-22-44(49(62)29(4)75-46)79-56(72)40-21-36-35-20-33(61)14-16-39(35)63-53(36)64-40/h13-16,20-21,25,27-32,34,38,41-47,49,52,63-64,66-67,73H,9-12,17-19,22-24,26,62H2,1-8H3,(H,65,69)(H,70,71)/b50-48+/t27?,28-,29+,30+,31?,32?,34?,38?,41?,42-,43-,44+,45+,46-,47-,49-,52+,57?,58-,59?,60?/m1/s1. The molecule has 1 saturated carbocycles. The number of carboxylic acid groups (broad SMARTS) is 1. The quantitative estimate of drug-likeness (QED) is 0.0543. The van der Waals surface area contributed by atoms with Gasteiger partial charge in [0.2, 0.25) is 0 Å². The van der Waals surface area contributed by atoms with Gasteiger partial charge in [-0.05, 0) is 114 Å². The second-order valence-electron chi connectivity index (χ2n) is 25.3. The predicted molar refractivity (Wildman–Crippen MR) is 293 cm³/mol. The lowest BCUT2D eigenvalue weighted by Gasteiger charge is -2.53. The zero-order valence-electron chi connectivity index (χ0n) is 46.9. The zero-order chi connectivity index (χ0) is 57.1. The average Bonchev–Trinajstić information content (AvgIpc) is 4.02. The van der Waals surface area contributed by atoms with Gasteiger partial charge in [-0.25, -0.2) is 9.59 Å². The van der Waals surface area contributed by atoms with Crippen molar-refractivity contribution in [3.63, 3.8) is 0 Å². The summed E-state index contributed by atoms with van der Waals surface area (Å²) >= 11 is 6.26. The number of halogens is 1. The van der Waals surface area contributed by atoms with Crippen molar-refractivity contribution in [2.45, 2.75) is 211 Å².